The fourth-order valence-electron chi connectivity index (χ4n) is 4.61. The zero-order chi connectivity index (χ0) is 23.5. The third-order valence-electron chi connectivity index (χ3n) is 6.28. The van der Waals surface area contributed by atoms with Crippen molar-refractivity contribution in [3.05, 3.63) is 71.1 Å². The van der Waals surface area contributed by atoms with E-state index in [1.165, 1.54) is 23.8 Å². The van der Waals surface area contributed by atoms with Crippen molar-refractivity contribution in [2.24, 2.45) is 5.92 Å². The van der Waals surface area contributed by atoms with Gasteiger partial charge in [0.15, 0.2) is 17.3 Å². The van der Waals surface area contributed by atoms with Gasteiger partial charge in [-0.1, -0.05) is 19.1 Å². The van der Waals surface area contributed by atoms with Crippen LogP contribution in [0.5, 0.6) is 11.5 Å². The zero-order valence-electron chi connectivity index (χ0n) is 19.2. The molecule has 34 heavy (non-hydrogen) atoms. The first-order valence-corrected chi connectivity index (χ1v) is 11.6. The number of fused-ring (bicyclic) bond motifs is 2. The number of nitrogens with zero attached hydrogens (tertiary/aromatic N) is 4. The summed E-state index contributed by atoms with van der Waals surface area (Å²) in [4.78, 5) is 14.8. The number of halogens is 1. The van der Waals surface area contributed by atoms with Crippen molar-refractivity contribution in [1.82, 2.24) is 25.0 Å². The van der Waals surface area contributed by atoms with Gasteiger partial charge in [0, 0.05) is 38.2 Å². The number of rotatable bonds is 7. The van der Waals surface area contributed by atoms with Crippen LogP contribution in [0.15, 0.2) is 42.5 Å². The van der Waals surface area contributed by atoms with E-state index in [0.717, 1.165) is 62.2 Å². The Kier molecular flexibility index (Phi) is 6.44. The third kappa shape index (κ3) is 5.04. The standard InChI is InChI=1S/C25H28FN5O3/c1-17(11-18-5-6-21-22(12-18)34-16-33-21)15-30-8-7-23-28-29-24(31(23)10-9-30)14-27-25(32)19-3-2-4-20(26)13-19/h2-6,12-13,17H,7-11,14-16H2,1H3,(H,27,32)/t17-/m1/s1. The quantitative estimate of drug-likeness (QED) is 0.578. The molecule has 0 aliphatic carbocycles. The van der Waals surface area contributed by atoms with Crippen molar-refractivity contribution in [3.8, 4) is 11.5 Å². The molecule has 8 nitrogen and oxygen atoms in total. The lowest BCUT2D eigenvalue weighted by atomic mass is 10.00. The highest BCUT2D eigenvalue weighted by Gasteiger charge is 2.21. The van der Waals surface area contributed by atoms with Crippen LogP contribution in [-0.2, 0) is 25.9 Å². The van der Waals surface area contributed by atoms with Gasteiger partial charge in [-0.05, 0) is 48.2 Å². The van der Waals surface area contributed by atoms with E-state index >= 15 is 0 Å². The number of aromatic nitrogens is 3. The minimum absolute atomic E-state index is 0.253. The summed E-state index contributed by atoms with van der Waals surface area (Å²) in [5.74, 6) is 3.01. The second-order valence-electron chi connectivity index (χ2n) is 8.92. The number of ether oxygens (including phenoxy) is 2. The molecule has 0 unspecified atom stereocenters. The van der Waals surface area contributed by atoms with Crippen molar-refractivity contribution < 1.29 is 18.7 Å². The Morgan fingerprint density at radius 1 is 1.12 bits per heavy atom. The largest absolute Gasteiger partial charge is 0.454 e. The molecule has 0 saturated carbocycles. The Hall–Kier alpha value is -3.46. The summed E-state index contributed by atoms with van der Waals surface area (Å²) in [7, 11) is 0. The molecule has 1 N–H and O–H groups in total. The third-order valence-corrected chi connectivity index (χ3v) is 6.28. The first-order chi connectivity index (χ1) is 16.5. The second kappa shape index (κ2) is 9.80. The SMILES string of the molecule is C[C@H](Cc1ccc2c(c1)OCO2)CN1CCc2nnc(CNC(=O)c3cccc(F)c3)n2CC1. The fourth-order valence-corrected chi connectivity index (χ4v) is 4.61. The molecule has 0 spiro atoms. The van der Waals surface area contributed by atoms with Gasteiger partial charge in [0.2, 0.25) is 6.79 Å². The normalized spacial score (nSPS) is 16.1. The minimum atomic E-state index is -0.433. The maximum Gasteiger partial charge on any atom is 0.251 e. The Bertz CT molecular complexity index is 1180. The average Bonchev–Trinajstić information content (AvgIpc) is 3.40. The summed E-state index contributed by atoms with van der Waals surface area (Å²) in [6.45, 7) is 6.37. The first kappa shape index (κ1) is 22.3. The van der Waals surface area contributed by atoms with Gasteiger partial charge in [0.1, 0.15) is 11.6 Å². The first-order valence-electron chi connectivity index (χ1n) is 11.6. The Labute approximate surface area is 197 Å². The van der Waals surface area contributed by atoms with Gasteiger partial charge < -0.3 is 24.3 Å². The van der Waals surface area contributed by atoms with E-state index < -0.39 is 5.82 Å². The molecule has 3 heterocycles. The fraction of sp³-hybridized carbons (Fsp3) is 0.400. The van der Waals surface area contributed by atoms with Crippen molar-refractivity contribution >= 4 is 5.91 Å². The van der Waals surface area contributed by atoms with E-state index in [2.05, 4.69) is 44.0 Å². The monoisotopic (exact) mass is 465 g/mol. The molecular weight excluding hydrogens is 437 g/mol. The zero-order valence-corrected chi connectivity index (χ0v) is 19.2. The molecule has 0 radical (unpaired) electrons. The van der Waals surface area contributed by atoms with Crippen LogP contribution in [0.25, 0.3) is 0 Å². The minimum Gasteiger partial charge on any atom is -0.454 e. The van der Waals surface area contributed by atoms with Gasteiger partial charge in [-0.2, -0.15) is 0 Å². The summed E-state index contributed by atoms with van der Waals surface area (Å²) >= 11 is 0. The van der Waals surface area contributed by atoms with E-state index in [9.17, 15) is 9.18 Å². The molecule has 3 aromatic rings. The number of nitrogens with one attached hydrogen (secondary N) is 1. The van der Waals surface area contributed by atoms with E-state index in [-0.39, 0.29) is 12.5 Å². The van der Waals surface area contributed by atoms with E-state index in [1.54, 1.807) is 6.07 Å². The molecule has 1 amide bonds. The number of hydrogen-bond donors (Lipinski definition) is 1. The van der Waals surface area contributed by atoms with Crippen molar-refractivity contribution in [2.75, 3.05) is 26.4 Å². The molecule has 0 fully saturated rings. The van der Waals surface area contributed by atoms with E-state index in [4.69, 9.17) is 9.47 Å². The van der Waals surface area contributed by atoms with Gasteiger partial charge in [-0.3, -0.25) is 4.79 Å². The lowest BCUT2D eigenvalue weighted by molar-refractivity contribution is 0.0949. The molecule has 0 saturated heterocycles. The van der Waals surface area contributed by atoms with Crippen LogP contribution in [-0.4, -0.2) is 52.0 Å². The van der Waals surface area contributed by atoms with Crippen molar-refractivity contribution in [2.45, 2.75) is 32.9 Å². The summed E-state index contributed by atoms with van der Waals surface area (Å²) in [6, 6.07) is 11.8. The summed E-state index contributed by atoms with van der Waals surface area (Å²) in [6.07, 6.45) is 1.78. The van der Waals surface area contributed by atoms with Crippen molar-refractivity contribution in [1.29, 1.82) is 0 Å². The molecule has 1 aromatic heterocycles. The van der Waals surface area contributed by atoms with Crippen LogP contribution >= 0.6 is 0 Å². The lowest BCUT2D eigenvalue weighted by Gasteiger charge is -2.24. The number of hydrogen-bond acceptors (Lipinski definition) is 6. The number of carbonyl (C=O) groups excluding carboxylic acids is 1. The molecule has 5 rings (SSSR count). The topological polar surface area (TPSA) is 81.5 Å². The molecule has 9 heteroatoms. The van der Waals surface area contributed by atoms with Crippen LogP contribution in [0.3, 0.4) is 0 Å². The molecule has 2 aromatic carbocycles. The average molecular weight is 466 g/mol. The van der Waals surface area contributed by atoms with Crippen LogP contribution < -0.4 is 14.8 Å². The summed E-state index contributed by atoms with van der Waals surface area (Å²) < 4.78 is 26.4. The van der Waals surface area contributed by atoms with Crippen LogP contribution in [0, 0.1) is 11.7 Å². The Morgan fingerprint density at radius 3 is 2.88 bits per heavy atom. The lowest BCUT2D eigenvalue weighted by Crippen LogP contribution is -2.32. The van der Waals surface area contributed by atoms with Gasteiger partial charge >= 0.3 is 0 Å². The van der Waals surface area contributed by atoms with Crippen LogP contribution in [0.2, 0.25) is 0 Å². The molecule has 1 atom stereocenters. The van der Waals surface area contributed by atoms with Crippen LogP contribution in [0.4, 0.5) is 4.39 Å². The van der Waals surface area contributed by atoms with Gasteiger partial charge in [0.25, 0.3) is 5.91 Å². The van der Waals surface area contributed by atoms with Crippen molar-refractivity contribution in [3.63, 3.8) is 0 Å². The second-order valence-corrected chi connectivity index (χ2v) is 8.92. The number of amides is 1. The molecule has 178 valence electrons. The highest BCUT2D eigenvalue weighted by molar-refractivity contribution is 5.94. The molecule has 2 aliphatic rings. The molecule has 0 bridgehead atoms. The maximum absolute atomic E-state index is 13.4. The highest BCUT2D eigenvalue weighted by atomic mass is 19.1. The number of benzene rings is 2. The summed E-state index contributed by atoms with van der Waals surface area (Å²) in [5.41, 5.74) is 1.54. The molecular formula is C25H28FN5O3. The maximum atomic E-state index is 13.4. The van der Waals surface area contributed by atoms with Crippen LogP contribution in [0.1, 0.15) is 34.5 Å². The van der Waals surface area contributed by atoms with Gasteiger partial charge in [-0.15, -0.1) is 10.2 Å². The van der Waals surface area contributed by atoms with E-state index in [1.807, 2.05) is 6.07 Å². The van der Waals surface area contributed by atoms with E-state index in [0.29, 0.717) is 18.3 Å². The van der Waals surface area contributed by atoms with Gasteiger partial charge in [0.05, 0.1) is 6.54 Å². The molecule has 2 aliphatic heterocycles. The smallest absolute Gasteiger partial charge is 0.251 e. The summed E-state index contributed by atoms with van der Waals surface area (Å²) in [5, 5.41) is 11.4. The predicted molar refractivity (Wildman–Crippen MR) is 123 cm³/mol. The van der Waals surface area contributed by atoms with Gasteiger partial charge in [-0.25, -0.2) is 4.39 Å². The Morgan fingerprint density at radius 2 is 2.00 bits per heavy atom. The highest BCUT2D eigenvalue weighted by Crippen LogP contribution is 2.33. The predicted octanol–water partition coefficient (Wildman–Crippen LogP) is 2.81. The Balaban J connectivity index is 1.14. The number of carbonyl (C=O) groups is 1.